The van der Waals surface area contributed by atoms with Gasteiger partial charge in [-0.1, -0.05) is 57.2 Å². The normalized spacial score (nSPS) is 11.1. The standard InChI is InChI=1S/C24H27O4P/c1-4-19-10-7-13-22(16-19)26-29(25,27-23-14-8-11-20(5-2)17-23)28-24-15-9-12-21(6-3)18-24/h7-18H,4-6H2,1-3H3. The van der Waals surface area contributed by atoms with Crippen LogP contribution < -0.4 is 13.6 Å². The van der Waals surface area contributed by atoms with Gasteiger partial charge < -0.3 is 13.6 Å². The molecule has 0 aliphatic heterocycles. The summed E-state index contributed by atoms with van der Waals surface area (Å²) in [5.74, 6) is 1.35. The lowest BCUT2D eigenvalue weighted by molar-refractivity contribution is 0.298. The van der Waals surface area contributed by atoms with Crippen LogP contribution in [0.5, 0.6) is 17.2 Å². The Bertz CT molecular complexity index is 872. The van der Waals surface area contributed by atoms with Crippen LogP contribution in [-0.2, 0) is 23.8 Å². The van der Waals surface area contributed by atoms with Gasteiger partial charge in [0.2, 0.25) is 0 Å². The predicted octanol–water partition coefficient (Wildman–Crippen LogP) is 7.02. The van der Waals surface area contributed by atoms with Crippen molar-refractivity contribution in [3.8, 4) is 17.2 Å². The van der Waals surface area contributed by atoms with Crippen molar-refractivity contribution in [1.29, 1.82) is 0 Å². The summed E-state index contributed by atoms with van der Waals surface area (Å²) in [6, 6.07) is 22.4. The van der Waals surface area contributed by atoms with Gasteiger partial charge in [-0.05, 0) is 72.4 Å². The highest BCUT2D eigenvalue weighted by Crippen LogP contribution is 2.50. The third-order valence-corrected chi connectivity index (χ3v) is 5.87. The van der Waals surface area contributed by atoms with Gasteiger partial charge in [0.05, 0.1) is 0 Å². The van der Waals surface area contributed by atoms with E-state index in [2.05, 4.69) is 20.8 Å². The number of hydrogen-bond donors (Lipinski definition) is 0. The lowest BCUT2D eigenvalue weighted by atomic mass is 10.2. The zero-order valence-corrected chi connectivity index (χ0v) is 18.0. The van der Waals surface area contributed by atoms with Crippen molar-refractivity contribution in [1.82, 2.24) is 0 Å². The molecule has 0 unspecified atom stereocenters. The average Bonchev–Trinajstić information content (AvgIpc) is 2.73. The molecule has 0 spiro atoms. The molecule has 0 aromatic heterocycles. The molecule has 0 bridgehead atoms. The molecule has 0 heterocycles. The minimum absolute atomic E-state index is 0.450. The molecule has 0 amide bonds. The Morgan fingerprint density at radius 3 is 1.17 bits per heavy atom. The van der Waals surface area contributed by atoms with Crippen LogP contribution in [0.2, 0.25) is 0 Å². The zero-order chi connectivity index (χ0) is 20.7. The summed E-state index contributed by atoms with van der Waals surface area (Å²) >= 11 is 0. The van der Waals surface area contributed by atoms with E-state index in [-0.39, 0.29) is 0 Å². The minimum atomic E-state index is -3.98. The van der Waals surface area contributed by atoms with Gasteiger partial charge in [0.1, 0.15) is 17.2 Å². The van der Waals surface area contributed by atoms with E-state index < -0.39 is 7.82 Å². The molecule has 0 saturated carbocycles. The van der Waals surface area contributed by atoms with Gasteiger partial charge in [-0.15, -0.1) is 0 Å². The van der Waals surface area contributed by atoms with Crippen LogP contribution in [0.25, 0.3) is 0 Å². The van der Waals surface area contributed by atoms with E-state index in [9.17, 15) is 4.57 Å². The minimum Gasteiger partial charge on any atom is -0.386 e. The van der Waals surface area contributed by atoms with Crippen LogP contribution in [0.1, 0.15) is 37.5 Å². The molecule has 0 N–H and O–H groups in total. The number of hydrogen-bond acceptors (Lipinski definition) is 4. The van der Waals surface area contributed by atoms with Crippen LogP contribution in [0.15, 0.2) is 72.8 Å². The zero-order valence-electron chi connectivity index (χ0n) is 17.1. The summed E-state index contributed by atoms with van der Waals surface area (Å²) in [4.78, 5) is 0. The Labute approximate surface area is 173 Å². The Morgan fingerprint density at radius 1 is 0.586 bits per heavy atom. The van der Waals surface area contributed by atoms with Gasteiger partial charge in [0.15, 0.2) is 0 Å². The van der Waals surface area contributed by atoms with Crippen molar-refractivity contribution < 1.29 is 18.1 Å². The summed E-state index contributed by atoms with van der Waals surface area (Å²) in [5, 5.41) is 0. The molecule has 0 fully saturated rings. The van der Waals surface area contributed by atoms with Gasteiger partial charge in [-0.2, -0.15) is 4.57 Å². The molecule has 152 valence electrons. The largest absolute Gasteiger partial charge is 0.647 e. The van der Waals surface area contributed by atoms with E-state index in [0.29, 0.717) is 17.2 Å². The first kappa shape index (κ1) is 21.0. The fourth-order valence-electron chi connectivity index (χ4n) is 2.91. The van der Waals surface area contributed by atoms with Crippen LogP contribution in [0.3, 0.4) is 0 Å². The predicted molar refractivity (Wildman–Crippen MR) is 117 cm³/mol. The van der Waals surface area contributed by atoms with Crippen LogP contribution in [0.4, 0.5) is 0 Å². The van der Waals surface area contributed by atoms with Crippen molar-refractivity contribution in [3.05, 3.63) is 89.5 Å². The van der Waals surface area contributed by atoms with Crippen molar-refractivity contribution in [2.75, 3.05) is 0 Å². The number of phosphoric acid groups is 1. The summed E-state index contributed by atoms with van der Waals surface area (Å²) in [6.45, 7) is 6.16. The summed E-state index contributed by atoms with van der Waals surface area (Å²) < 4.78 is 31.1. The third kappa shape index (κ3) is 5.88. The topological polar surface area (TPSA) is 44.8 Å². The highest BCUT2D eigenvalue weighted by molar-refractivity contribution is 7.49. The molecule has 4 nitrogen and oxygen atoms in total. The smallest absolute Gasteiger partial charge is 0.386 e. The van der Waals surface area contributed by atoms with Gasteiger partial charge in [0.25, 0.3) is 0 Å². The van der Waals surface area contributed by atoms with Crippen molar-refractivity contribution in [2.45, 2.75) is 40.0 Å². The van der Waals surface area contributed by atoms with E-state index >= 15 is 0 Å². The van der Waals surface area contributed by atoms with Crippen LogP contribution in [-0.4, -0.2) is 0 Å². The number of benzene rings is 3. The first-order valence-electron chi connectivity index (χ1n) is 9.99. The fraction of sp³-hybridized carbons (Fsp3) is 0.250. The van der Waals surface area contributed by atoms with E-state index in [1.165, 1.54) is 0 Å². The quantitative estimate of drug-likeness (QED) is 0.356. The maximum absolute atomic E-state index is 13.7. The van der Waals surface area contributed by atoms with Crippen molar-refractivity contribution in [2.24, 2.45) is 0 Å². The Kier molecular flexibility index (Phi) is 7.00. The maximum Gasteiger partial charge on any atom is 0.647 e. The highest BCUT2D eigenvalue weighted by atomic mass is 31.2. The van der Waals surface area contributed by atoms with Crippen LogP contribution in [0, 0.1) is 0 Å². The summed E-state index contributed by atoms with van der Waals surface area (Å²) in [7, 11) is -3.98. The highest BCUT2D eigenvalue weighted by Gasteiger charge is 2.33. The van der Waals surface area contributed by atoms with E-state index in [4.69, 9.17) is 13.6 Å². The lowest BCUT2D eigenvalue weighted by Gasteiger charge is -2.20. The summed E-state index contributed by atoms with van der Waals surface area (Å²) in [5.41, 5.74) is 3.24. The first-order valence-corrected chi connectivity index (χ1v) is 11.4. The first-order chi connectivity index (χ1) is 14.0. The number of aryl methyl sites for hydroxylation is 3. The lowest BCUT2D eigenvalue weighted by Crippen LogP contribution is -2.08. The molecule has 0 radical (unpaired) electrons. The summed E-state index contributed by atoms with van der Waals surface area (Å²) in [6.07, 6.45) is 2.54. The second kappa shape index (κ2) is 9.67. The van der Waals surface area contributed by atoms with Crippen molar-refractivity contribution in [3.63, 3.8) is 0 Å². The molecular weight excluding hydrogens is 383 g/mol. The van der Waals surface area contributed by atoms with Gasteiger partial charge in [-0.25, -0.2) is 0 Å². The Balaban J connectivity index is 1.93. The molecule has 0 aliphatic rings. The molecule has 0 aliphatic carbocycles. The molecule has 0 saturated heterocycles. The average molecular weight is 410 g/mol. The second-order valence-corrected chi connectivity index (χ2v) is 8.17. The van der Waals surface area contributed by atoms with Crippen LogP contribution >= 0.6 is 7.82 Å². The van der Waals surface area contributed by atoms with E-state index in [1.807, 2.05) is 54.6 Å². The van der Waals surface area contributed by atoms with E-state index in [0.717, 1.165) is 36.0 Å². The van der Waals surface area contributed by atoms with Crippen molar-refractivity contribution >= 4 is 7.82 Å². The fourth-order valence-corrected chi connectivity index (χ4v) is 4.14. The molecule has 5 heteroatoms. The molecular formula is C24H27O4P. The SMILES string of the molecule is CCc1cccc(OP(=O)(Oc2cccc(CC)c2)Oc2cccc(CC)c2)c1. The Morgan fingerprint density at radius 2 is 0.897 bits per heavy atom. The molecule has 0 atom stereocenters. The van der Waals surface area contributed by atoms with Gasteiger partial charge in [-0.3, -0.25) is 0 Å². The number of rotatable bonds is 9. The molecule has 29 heavy (non-hydrogen) atoms. The molecule has 3 aromatic carbocycles. The Hall–Kier alpha value is -2.71. The third-order valence-electron chi connectivity index (χ3n) is 4.57. The maximum atomic E-state index is 13.7. The second-order valence-electron chi connectivity index (χ2n) is 6.72. The number of phosphoric ester groups is 1. The molecule has 3 rings (SSSR count). The van der Waals surface area contributed by atoms with Gasteiger partial charge >= 0.3 is 7.82 Å². The molecule has 3 aromatic rings. The van der Waals surface area contributed by atoms with Gasteiger partial charge in [0, 0.05) is 0 Å². The monoisotopic (exact) mass is 410 g/mol. The van der Waals surface area contributed by atoms with E-state index in [1.54, 1.807) is 18.2 Å².